The van der Waals surface area contributed by atoms with Crippen molar-refractivity contribution in [3.05, 3.63) is 70.2 Å². The van der Waals surface area contributed by atoms with Crippen LogP contribution in [0.2, 0.25) is 0 Å². The van der Waals surface area contributed by atoms with Crippen LogP contribution in [-0.4, -0.2) is 40.7 Å². The van der Waals surface area contributed by atoms with Crippen molar-refractivity contribution < 1.29 is 14.4 Å². The molecule has 0 saturated carbocycles. The van der Waals surface area contributed by atoms with Gasteiger partial charge < -0.3 is 10.2 Å². The summed E-state index contributed by atoms with van der Waals surface area (Å²) in [5.74, 6) is -0.709. The number of hydrogen-bond donors (Lipinski definition) is 1. The fourth-order valence-corrected chi connectivity index (χ4v) is 3.99. The van der Waals surface area contributed by atoms with Crippen LogP contribution in [0.25, 0.3) is 0 Å². The molecule has 1 unspecified atom stereocenters. The van der Waals surface area contributed by atoms with Gasteiger partial charge in [-0.2, -0.15) is 0 Å². The first-order chi connectivity index (χ1) is 13.4. The normalized spacial score (nSPS) is 18.9. The number of halogens is 1. The van der Waals surface area contributed by atoms with E-state index in [9.17, 15) is 14.4 Å². The molecule has 6 nitrogen and oxygen atoms in total. The number of hydrogen-bond acceptors (Lipinski definition) is 3. The van der Waals surface area contributed by atoms with E-state index in [-0.39, 0.29) is 12.5 Å². The minimum Gasteiger partial charge on any atom is -0.337 e. The number of carbonyl (C=O) groups excluding carboxylic acids is 3. The highest BCUT2D eigenvalue weighted by atomic mass is 79.9. The van der Waals surface area contributed by atoms with Gasteiger partial charge in [0.05, 0.1) is 0 Å². The van der Waals surface area contributed by atoms with Gasteiger partial charge in [0.15, 0.2) is 0 Å². The van der Waals surface area contributed by atoms with Crippen LogP contribution in [0.15, 0.2) is 59.1 Å². The van der Waals surface area contributed by atoms with Crippen molar-refractivity contribution in [3.63, 3.8) is 0 Å². The maximum Gasteiger partial charge on any atom is 0.325 e. The number of rotatable bonds is 6. The third-order valence-electron chi connectivity index (χ3n) is 4.93. The second-order valence-electron chi connectivity index (χ2n) is 6.82. The lowest BCUT2D eigenvalue weighted by molar-refractivity contribution is -0.139. The molecule has 1 saturated heterocycles. The Balaban J connectivity index is 1.76. The Morgan fingerprint density at radius 2 is 1.75 bits per heavy atom. The third kappa shape index (κ3) is 3.80. The summed E-state index contributed by atoms with van der Waals surface area (Å²) in [6.45, 7) is 4.16. The van der Waals surface area contributed by atoms with Gasteiger partial charge in [0.2, 0.25) is 5.91 Å². The van der Waals surface area contributed by atoms with E-state index in [0.717, 1.165) is 14.9 Å². The predicted octanol–water partition coefficient (Wildman–Crippen LogP) is 3.26. The summed E-state index contributed by atoms with van der Waals surface area (Å²) >= 11 is 3.43. The van der Waals surface area contributed by atoms with Crippen molar-refractivity contribution in [1.82, 2.24) is 15.1 Å². The van der Waals surface area contributed by atoms with Crippen molar-refractivity contribution in [2.24, 2.45) is 0 Å². The Bertz CT molecular complexity index is 903. The van der Waals surface area contributed by atoms with Crippen LogP contribution in [0.3, 0.4) is 0 Å². The van der Waals surface area contributed by atoms with E-state index < -0.39 is 17.5 Å². The number of likely N-dealkylation sites (N-methyl/N-ethyl adjacent to an activating group) is 1. The number of amides is 4. The SMILES string of the molecule is CCN(Cc1ccccc1)C(=O)CN1C(=O)NC(C)(c2ccccc2Br)C1=O. The van der Waals surface area contributed by atoms with Crippen LogP contribution < -0.4 is 5.32 Å². The molecule has 146 valence electrons. The zero-order chi connectivity index (χ0) is 20.3. The topological polar surface area (TPSA) is 69.7 Å². The minimum absolute atomic E-state index is 0.272. The van der Waals surface area contributed by atoms with Crippen LogP contribution in [0.4, 0.5) is 4.79 Å². The number of imide groups is 1. The van der Waals surface area contributed by atoms with Crippen molar-refractivity contribution in [2.45, 2.75) is 25.9 Å². The second-order valence-corrected chi connectivity index (χ2v) is 7.67. The van der Waals surface area contributed by atoms with Gasteiger partial charge in [-0.3, -0.25) is 14.5 Å². The average molecular weight is 444 g/mol. The number of nitrogens with zero attached hydrogens (tertiary/aromatic N) is 2. The van der Waals surface area contributed by atoms with Gasteiger partial charge in [-0.1, -0.05) is 64.5 Å². The van der Waals surface area contributed by atoms with Crippen molar-refractivity contribution in [2.75, 3.05) is 13.1 Å². The predicted molar refractivity (Wildman–Crippen MR) is 109 cm³/mol. The zero-order valence-electron chi connectivity index (χ0n) is 15.8. The van der Waals surface area contributed by atoms with Gasteiger partial charge in [0, 0.05) is 23.1 Å². The van der Waals surface area contributed by atoms with Crippen LogP contribution in [0, 0.1) is 0 Å². The molecule has 0 aliphatic carbocycles. The standard InChI is InChI=1S/C21H22BrN3O3/c1-3-24(13-15-9-5-4-6-10-15)18(26)14-25-19(27)21(2,23-20(25)28)16-11-7-8-12-17(16)22/h4-12H,3,13-14H2,1-2H3,(H,23,28). The largest absolute Gasteiger partial charge is 0.337 e. The molecule has 0 radical (unpaired) electrons. The van der Waals surface area contributed by atoms with E-state index in [1.165, 1.54) is 0 Å². The van der Waals surface area contributed by atoms with Gasteiger partial charge >= 0.3 is 6.03 Å². The summed E-state index contributed by atoms with van der Waals surface area (Å²) in [4.78, 5) is 41.0. The maximum atomic E-state index is 13.0. The second kappa shape index (κ2) is 8.14. The molecule has 1 atom stereocenters. The van der Waals surface area contributed by atoms with Crippen molar-refractivity contribution in [3.8, 4) is 0 Å². The average Bonchev–Trinajstić information content (AvgIpc) is 2.91. The van der Waals surface area contributed by atoms with E-state index in [2.05, 4.69) is 21.2 Å². The van der Waals surface area contributed by atoms with Gasteiger partial charge in [-0.15, -0.1) is 0 Å². The van der Waals surface area contributed by atoms with Crippen LogP contribution in [-0.2, 0) is 21.7 Å². The number of benzene rings is 2. The molecule has 0 aromatic heterocycles. The molecule has 1 fully saturated rings. The first kappa shape index (κ1) is 20.1. The molecule has 1 N–H and O–H groups in total. The summed E-state index contributed by atoms with van der Waals surface area (Å²) < 4.78 is 0.721. The number of nitrogens with one attached hydrogen (secondary N) is 1. The summed E-state index contributed by atoms with van der Waals surface area (Å²) in [6.07, 6.45) is 0. The lowest BCUT2D eigenvalue weighted by Gasteiger charge is -2.25. The highest BCUT2D eigenvalue weighted by Gasteiger charge is 2.50. The van der Waals surface area contributed by atoms with Gasteiger partial charge in [-0.25, -0.2) is 4.79 Å². The van der Waals surface area contributed by atoms with Crippen LogP contribution in [0.1, 0.15) is 25.0 Å². The first-order valence-electron chi connectivity index (χ1n) is 9.07. The number of carbonyl (C=O) groups is 3. The van der Waals surface area contributed by atoms with E-state index in [4.69, 9.17) is 0 Å². The molecule has 28 heavy (non-hydrogen) atoms. The smallest absolute Gasteiger partial charge is 0.325 e. The Morgan fingerprint density at radius 3 is 2.39 bits per heavy atom. The minimum atomic E-state index is -1.21. The molecule has 0 spiro atoms. The fraction of sp³-hybridized carbons (Fsp3) is 0.286. The molecular weight excluding hydrogens is 422 g/mol. The summed E-state index contributed by atoms with van der Waals surface area (Å²) in [7, 11) is 0. The molecule has 1 aliphatic heterocycles. The molecule has 0 bridgehead atoms. The maximum absolute atomic E-state index is 13.0. The van der Waals surface area contributed by atoms with E-state index in [1.807, 2.05) is 49.4 Å². The Labute approximate surface area is 172 Å². The number of urea groups is 1. The quantitative estimate of drug-likeness (QED) is 0.696. The summed E-state index contributed by atoms with van der Waals surface area (Å²) in [5, 5.41) is 2.74. The highest BCUT2D eigenvalue weighted by molar-refractivity contribution is 9.10. The van der Waals surface area contributed by atoms with Gasteiger partial charge in [0.1, 0.15) is 12.1 Å². The fourth-order valence-electron chi connectivity index (χ4n) is 3.31. The van der Waals surface area contributed by atoms with Gasteiger partial charge in [-0.05, 0) is 25.5 Å². The molecule has 7 heteroatoms. The monoisotopic (exact) mass is 443 g/mol. The molecule has 2 aromatic carbocycles. The Kier molecular flexibility index (Phi) is 5.84. The van der Waals surface area contributed by atoms with E-state index in [0.29, 0.717) is 18.7 Å². The third-order valence-corrected chi connectivity index (χ3v) is 5.62. The molecule has 1 heterocycles. The summed E-state index contributed by atoms with van der Waals surface area (Å²) in [6, 6.07) is 16.3. The molecular formula is C21H22BrN3O3. The Morgan fingerprint density at radius 1 is 1.11 bits per heavy atom. The lowest BCUT2D eigenvalue weighted by atomic mass is 9.92. The first-order valence-corrected chi connectivity index (χ1v) is 9.87. The highest BCUT2D eigenvalue weighted by Crippen LogP contribution is 2.33. The molecule has 1 aliphatic rings. The van der Waals surface area contributed by atoms with Crippen LogP contribution in [0.5, 0.6) is 0 Å². The van der Waals surface area contributed by atoms with Crippen molar-refractivity contribution in [1.29, 1.82) is 0 Å². The van der Waals surface area contributed by atoms with Crippen LogP contribution >= 0.6 is 15.9 Å². The molecule has 4 amide bonds. The summed E-state index contributed by atoms with van der Waals surface area (Å²) in [5.41, 5.74) is 0.432. The van der Waals surface area contributed by atoms with E-state index in [1.54, 1.807) is 24.0 Å². The Hall–Kier alpha value is -2.67. The molecule has 3 rings (SSSR count). The van der Waals surface area contributed by atoms with Gasteiger partial charge in [0.25, 0.3) is 5.91 Å². The molecule has 2 aromatic rings. The van der Waals surface area contributed by atoms with Crippen molar-refractivity contribution >= 4 is 33.8 Å². The lowest BCUT2D eigenvalue weighted by Crippen LogP contribution is -2.44. The zero-order valence-corrected chi connectivity index (χ0v) is 17.4. The van der Waals surface area contributed by atoms with E-state index >= 15 is 0 Å².